The second-order valence-electron chi connectivity index (χ2n) is 4.74. The Morgan fingerprint density at radius 3 is 2.89 bits per heavy atom. The van der Waals surface area contributed by atoms with Gasteiger partial charge in [-0.25, -0.2) is 0 Å². The van der Waals surface area contributed by atoms with Gasteiger partial charge in [0.1, 0.15) is 12.4 Å². The van der Waals surface area contributed by atoms with Gasteiger partial charge in [-0.1, -0.05) is 23.7 Å². The summed E-state index contributed by atoms with van der Waals surface area (Å²) in [5.74, 6) is 0.774. The van der Waals surface area contributed by atoms with E-state index in [4.69, 9.17) is 21.1 Å². The van der Waals surface area contributed by atoms with Crippen molar-refractivity contribution in [3.05, 3.63) is 28.8 Å². The number of nitrogens with one attached hydrogen (secondary N) is 1. The molecule has 1 aromatic carbocycles. The third kappa shape index (κ3) is 3.87. The van der Waals surface area contributed by atoms with Crippen LogP contribution >= 0.6 is 11.6 Å². The van der Waals surface area contributed by atoms with Crippen LogP contribution in [-0.2, 0) is 11.3 Å². The van der Waals surface area contributed by atoms with Crippen molar-refractivity contribution in [3.63, 3.8) is 0 Å². The second kappa shape index (κ2) is 6.41. The summed E-state index contributed by atoms with van der Waals surface area (Å²) in [4.78, 5) is 0. The first-order valence-electron chi connectivity index (χ1n) is 6.37. The molecule has 1 saturated carbocycles. The molecule has 18 heavy (non-hydrogen) atoms. The first-order valence-corrected chi connectivity index (χ1v) is 6.75. The van der Waals surface area contributed by atoms with E-state index in [0.717, 1.165) is 17.9 Å². The highest BCUT2D eigenvalue weighted by Crippen LogP contribution is 2.30. The molecule has 4 heteroatoms. The van der Waals surface area contributed by atoms with Crippen molar-refractivity contribution >= 4 is 11.6 Å². The largest absolute Gasteiger partial charge is 0.489 e. The number of benzene rings is 1. The van der Waals surface area contributed by atoms with E-state index in [1.54, 1.807) is 7.11 Å². The predicted octanol–water partition coefficient (Wildman–Crippen LogP) is 3.01. The van der Waals surface area contributed by atoms with Crippen molar-refractivity contribution in [2.45, 2.75) is 38.5 Å². The third-order valence-electron chi connectivity index (χ3n) is 3.07. The summed E-state index contributed by atoms with van der Waals surface area (Å²) in [6.07, 6.45) is 2.61. The molecule has 1 unspecified atom stereocenters. The van der Waals surface area contributed by atoms with Crippen molar-refractivity contribution in [1.29, 1.82) is 0 Å². The molecule has 2 rings (SSSR count). The molecule has 1 aliphatic carbocycles. The van der Waals surface area contributed by atoms with Crippen LogP contribution in [0.4, 0.5) is 0 Å². The number of hydrogen-bond acceptors (Lipinski definition) is 3. The lowest BCUT2D eigenvalue weighted by molar-refractivity contribution is 0.0713. The minimum atomic E-state index is 0.0607. The fourth-order valence-corrected chi connectivity index (χ4v) is 1.91. The first-order chi connectivity index (χ1) is 8.70. The maximum Gasteiger partial charge on any atom is 0.142 e. The monoisotopic (exact) mass is 269 g/mol. The molecule has 100 valence electrons. The van der Waals surface area contributed by atoms with Gasteiger partial charge in [-0.05, 0) is 25.8 Å². The summed E-state index contributed by atoms with van der Waals surface area (Å²) in [5, 5.41) is 4.13. The Morgan fingerprint density at radius 2 is 2.22 bits per heavy atom. The molecule has 1 N–H and O–H groups in total. The number of hydrogen-bond donors (Lipinski definition) is 1. The molecule has 0 heterocycles. The lowest BCUT2D eigenvalue weighted by Crippen LogP contribution is -2.19. The highest BCUT2D eigenvalue weighted by atomic mass is 35.5. The smallest absolute Gasteiger partial charge is 0.142 e. The van der Waals surface area contributed by atoms with Gasteiger partial charge in [-0.3, -0.25) is 0 Å². The topological polar surface area (TPSA) is 30.5 Å². The maximum atomic E-state index is 6.19. The molecule has 1 aliphatic rings. The van der Waals surface area contributed by atoms with Crippen LogP contribution in [0, 0.1) is 0 Å². The Morgan fingerprint density at radius 1 is 1.44 bits per heavy atom. The molecule has 0 amide bonds. The average molecular weight is 270 g/mol. The highest BCUT2D eigenvalue weighted by molar-refractivity contribution is 6.32. The fourth-order valence-electron chi connectivity index (χ4n) is 1.66. The number of rotatable bonds is 7. The summed E-state index contributed by atoms with van der Waals surface area (Å²) in [6, 6.07) is 6.54. The zero-order valence-corrected chi connectivity index (χ0v) is 11.7. The Bertz CT molecular complexity index is 393. The van der Waals surface area contributed by atoms with Gasteiger partial charge >= 0.3 is 0 Å². The van der Waals surface area contributed by atoms with Crippen LogP contribution in [0.1, 0.15) is 25.3 Å². The average Bonchev–Trinajstić information content (AvgIpc) is 3.18. The number of halogens is 1. The highest BCUT2D eigenvalue weighted by Gasteiger charge is 2.21. The van der Waals surface area contributed by atoms with Crippen LogP contribution < -0.4 is 10.1 Å². The van der Waals surface area contributed by atoms with E-state index < -0.39 is 0 Å². The minimum absolute atomic E-state index is 0.0607. The van der Waals surface area contributed by atoms with Crippen LogP contribution in [0.15, 0.2) is 18.2 Å². The maximum absolute atomic E-state index is 6.19. The molecule has 1 aromatic rings. The third-order valence-corrected chi connectivity index (χ3v) is 3.37. The van der Waals surface area contributed by atoms with E-state index in [-0.39, 0.29) is 6.10 Å². The van der Waals surface area contributed by atoms with Gasteiger partial charge < -0.3 is 14.8 Å². The molecule has 0 spiro atoms. The minimum Gasteiger partial charge on any atom is -0.489 e. The van der Waals surface area contributed by atoms with Crippen LogP contribution in [0.25, 0.3) is 0 Å². The number of methoxy groups -OCH3 is 1. The molecule has 0 radical (unpaired) electrons. The van der Waals surface area contributed by atoms with E-state index >= 15 is 0 Å². The summed E-state index contributed by atoms with van der Waals surface area (Å²) in [6.45, 7) is 3.29. The van der Waals surface area contributed by atoms with Gasteiger partial charge in [-0.15, -0.1) is 0 Å². The van der Waals surface area contributed by atoms with Crippen molar-refractivity contribution in [1.82, 2.24) is 5.32 Å². The molecular weight excluding hydrogens is 250 g/mol. The molecular formula is C14H20ClNO2. The Balaban J connectivity index is 1.99. The summed E-state index contributed by atoms with van der Waals surface area (Å²) in [7, 11) is 1.68. The van der Waals surface area contributed by atoms with Crippen molar-refractivity contribution in [2.24, 2.45) is 0 Å². The molecule has 3 nitrogen and oxygen atoms in total. The predicted molar refractivity (Wildman–Crippen MR) is 73.3 cm³/mol. The van der Waals surface area contributed by atoms with Crippen LogP contribution in [0.2, 0.25) is 5.02 Å². The fraction of sp³-hybridized carbons (Fsp3) is 0.571. The van der Waals surface area contributed by atoms with Crippen LogP contribution in [-0.4, -0.2) is 25.9 Å². The lowest BCUT2D eigenvalue weighted by atomic mass is 10.2. The van der Waals surface area contributed by atoms with Gasteiger partial charge in [-0.2, -0.15) is 0 Å². The Hall–Kier alpha value is -0.770. The van der Waals surface area contributed by atoms with Gasteiger partial charge in [0.05, 0.1) is 11.1 Å². The van der Waals surface area contributed by atoms with Gasteiger partial charge in [0.15, 0.2) is 0 Å². The lowest BCUT2D eigenvalue weighted by Gasteiger charge is -2.16. The summed E-state index contributed by atoms with van der Waals surface area (Å²) >= 11 is 6.19. The van der Waals surface area contributed by atoms with Crippen LogP contribution in [0.5, 0.6) is 5.75 Å². The van der Waals surface area contributed by atoms with E-state index in [9.17, 15) is 0 Å². The SMILES string of the molecule is COC(C)COc1c(Cl)cccc1CNC1CC1. The molecule has 1 fully saturated rings. The van der Waals surface area contributed by atoms with E-state index in [2.05, 4.69) is 5.32 Å². The molecule has 0 aliphatic heterocycles. The first kappa shape index (κ1) is 13.7. The quantitative estimate of drug-likeness (QED) is 0.825. The van der Waals surface area contributed by atoms with E-state index in [0.29, 0.717) is 17.7 Å². The molecule has 1 atom stereocenters. The summed E-state index contributed by atoms with van der Waals surface area (Å²) < 4.78 is 11.0. The Kier molecular flexibility index (Phi) is 4.87. The molecule has 0 bridgehead atoms. The number of para-hydroxylation sites is 1. The second-order valence-corrected chi connectivity index (χ2v) is 5.15. The van der Waals surface area contributed by atoms with Crippen molar-refractivity contribution in [3.8, 4) is 5.75 Å². The van der Waals surface area contributed by atoms with Gasteiger partial charge in [0.2, 0.25) is 0 Å². The number of ether oxygens (including phenoxy) is 2. The van der Waals surface area contributed by atoms with Crippen LogP contribution in [0.3, 0.4) is 0 Å². The molecule has 0 aromatic heterocycles. The van der Waals surface area contributed by atoms with Gasteiger partial charge in [0, 0.05) is 25.3 Å². The normalized spacial score (nSPS) is 16.6. The standard InChI is InChI=1S/C14H20ClNO2/c1-10(17-2)9-18-14-11(4-3-5-13(14)15)8-16-12-6-7-12/h3-5,10,12,16H,6-9H2,1-2H3. The molecule has 0 saturated heterocycles. The zero-order valence-electron chi connectivity index (χ0n) is 10.9. The summed E-state index contributed by atoms with van der Waals surface area (Å²) in [5.41, 5.74) is 1.11. The van der Waals surface area contributed by atoms with Gasteiger partial charge in [0.25, 0.3) is 0 Å². The zero-order chi connectivity index (χ0) is 13.0. The Labute approximate surface area is 113 Å². The van der Waals surface area contributed by atoms with E-state index in [1.807, 2.05) is 25.1 Å². The van der Waals surface area contributed by atoms with E-state index in [1.165, 1.54) is 12.8 Å². The van der Waals surface area contributed by atoms with Crippen molar-refractivity contribution < 1.29 is 9.47 Å². The van der Waals surface area contributed by atoms with Crippen molar-refractivity contribution in [2.75, 3.05) is 13.7 Å².